The fourth-order valence-electron chi connectivity index (χ4n) is 2.35. The first-order chi connectivity index (χ1) is 9.60. The van der Waals surface area contributed by atoms with Crippen LogP contribution in [0, 0.1) is 16.0 Å². The summed E-state index contributed by atoms with van der Waals surface area (Å²) in [7, 11) is 0. The van der Waals surface area contributed by atoms with E-state index in [9.17, 15) is 10.1 Å². The van der Waals surface area contributed by atoms with Crippen LogP contribution in [0.25, 0.3) is 0 Å². The minimum atomic E-state index is -0.406. The average molecular weight is 280 g/mol. The van der Waals surface area contributed by atoms with Gasteiger partial charge < -0.3 is 14.8 Å². The number of ether oxygens (including phenoxy) is 2. The maximum Gasteiger partial charge on any atom is 0.275 e. The van der Waals surface area contributed by atoms with Gasteiger partial charge in [0, 0.05) is 36.4 Å². The molecule has 1 aromatic rings. The van der Waals surface area contributed by atoms with Crippen LogP contribution in [0.2, 0.25) is 0 Å². The van der Waals surface area contributed by atoms with Gasteiger partial charge in [0.25, 0.3) is 5.69 Å². The molecule has 6 nitrogen and oxygen atoms in total. The summed E-state index contributed by atoms with van der Waals surface area (Å²) in [6, 6.07) is 4.98. The van der Waals surface area contributed by atoms with Gasteiger partial charge in [-0.15, -0.1) is 0 Å². The van der Waals surface area contributed by atoms with E-state index in [0.29, 0.717) is 24.0 Å². The highest BCUT2D eigenvalue weighted by atomic mass is 16.6. The van der Waals surface area contributed by atoms with Gasteiger partial charge in [0.05, 0.1) is 24.2 Å². The summed E-state index contributed by atoms with van der Waals surface area (Å²) in [4.78, 5) is 10.5. The number of rotatable bonds is 6. The fraction of sp³-hybridized carbons (Fsp3) is 0.571. The first-order valence-electron chi connectivity index (χ1n) is 6.86. The average Bonchev–Trinajstić information content (AvgIpc) is 2.92. The lowest BCUT2D eigenvalue weighted by Crippen LogP contribution is -2.26. The number of anilines is 1. The predicted octanol–water partition coefficient (Wildman–Crippen LogP) is 2.83. The second-order valence-electron chi connectivity index (χ2n) is 4.96. The first kappa shape index (κ1) is 14.6. The van der Waals surface area contributed by atoms with Crippen molar-refractivity contribution in [1.29, 1.82) is 0 Å². The van der Waals surface area contributed by atoms with Crippen LogP contribution in [-0.2, 0) is 4.74 Å². The SMILES string of the molecule is CCOc1cc(NC(C)C2CCOC2)cc([N+](=O)[O-])c1. The van der Waals surface area contributed by atoms with Gasteiger partial charge in [-0.05, 0) is 20.3 Å². The zero-order valence-electron chi connectivity index (χ0n) is 11.8. The standard InChI is InChI=1S/C14H20N2O4/c1-3-20-14-7-12(6-13(8-14)16(17)18)15-10(2)11-4-5-19-9-11/h6-8,10-11,15H,3-5,9H2,1-2H3. The molecule has 0 saturated carbocycles. The van der Waals surface area contributed by atoms with Crippen molar-refractivity contribution in [3.8, 4) is 5.75 Å². The molecule has 0 radical (unpaired) electrons. The third-order valence-corrected chi connectivity index (χ3v) is 3.48. The van der Waals surface area contributed by atoms with Crippen LogP contribution in [-0.4, -0.2) is 30.8 Å². The van der Waals surface area contributed by atoms with Gasteiger partial charge >= 0.3 is 0 Å². The Morgan fingerprint density at radius 1 is 1.55 bits per heavy atom. The summed E-state index contributed by atoms with van der Waals surface area (Å²) < 4.78 is 10.7. The molecule has 20 heavy (non-hydrogen) atoms. The van der Waals surface area contributed by atoms with E-state index in [0.717, 1.165) is 19.6 Å². The Hall–Kier alpha value is -1.82. The number of hydrogen-bond acceptors (Lipinski definition) is 5. The topological polar surface area (TPSA) is 73.6 Å². The minimum Gasteiger partial charge on any atom is -0.494 e. The molecule has 0 aliphatic carbocycles. The highest BCUT2D eigenvalue weighted by molar-refractivity contribution is 5.56. The van der Waals surface area contributed by atoms with Crippen LogP contribution in [0.15, 0.2) is 18.2 Å². The molecule has 1 N–H and O–H groups in total. The highest BCUT2D eigenvalue weighted by Gasteiger charge is 2.22. The molecule has 1 saturated heterocycles. The second-order valence-corrected chi connectivity index (χ2v) is 4.96. The third kappa shape index (κ3) is 3.60. The maximum absolute atomic E-state index is 11.0. The van der Waals surface area contributed by atoms with E-state index in [4.69, 9.17) is 9.47 Å². The van der Waals surface area contributed by atoms with Crippen molar-refractivity contribution < 1.29 is 14.4 Å². The van der Waals surface area contributed by atoms with Crippen molar-refractivity contribution in [1.82, 2.24) is 0 Å². The molecule has 6 heteroatoms. The van der Waals surface area contributed by atoms with Crippen molar-refractivity contribution >= 4 is 11.4 Å². The number of nitrogens with zero attached hydrogens (tertiary/aromatic N) is 1. The smallest absolute Gasteiger partial charge is 0.275 e. The molecule has 2 atom stereocenters. The molecule has 0 aromatic heterocycles. The van der Waals surface area contributed by atoms with Gasteiger partial charge in [-0.1, -0.05) is 0 Å². The Labute approximate surface area is 118 Å². The minimum absolute atomic E-state index is 0.0355. The van der Waals surface area contributed by atoms with Gasteiger partial charge in [-0.25, -0.2) is 0 Å². The summed E-state index contributed by atoms with van der Waals surface area (Å²) in [5.74, 6) is 0.948. The van der Waals surface area contributed by atoms with Crippen LogP contribution < -0.4 is 10.1 Å². The molecule has 0 spiro atoms. The van der Waals surface area contributed by atoms with Crippen LogP contribution in [0.4, 0.5) is 11.4 Å². The lowest BCUT2D eigenvalue weighted by atomic mass is 10.0. The van der Waals surface area contributed by atoms with Crippen molar-refractivity contribution in [2.45, 2.75) is 26.3 Å². The largest absolute Gasteiger partial charge is 0.494 e. The number of benzene rings is 1. The van der Waals surface area contributed by atoms with Gasteiger partial charge in [-0.3, -0.25) is 10.1 Å². The molecular weight excluding hydrogens is 260 g/mol. The summed E-state index contributed by atoms with van der Waals surface area (Å²) in [5.41, 5.74) is 0.746. The highest BCUT2D eigenvalue weighted by Crippen LogP contribution is 2.28. The van der Waals surface area contributed by atoms with Crippen LogP contribution in [0.1, 0.15) is 20.3 Å². The van der Waals surface area contributed by atoms with Crippen LogP contribution in [0.3, 0.4) is 0 Å². The predicted molar refractivity (Wildman–Crippen MR) is 76.3 cm³/mol. The zero-order chi connectivity index (χ0) is 14.5. The van der Waals surface area contributed by atoms with E-state index >= 15 is 0 Å². The molecule has 1 aliphatic heterocycles. The Balaban J connectivity index is 2.14. The zero-order valence-corrected chi connectivity index (χ0v) is 11.8. The Kier molecular flexibility index (Phi) is 4.79. The number of nitro benzene ring substituents is 1. The number of nitrogens with one attached hydrogen (secondary N) is 1. The number of nitro groups is 1. The Bertz CT molecular complexity index is 472. The quantitative estimate of drug-likeness (QED) is 0.640. The van der Waals surface area contributed by atoms with E-state index in [1.54, 1.807) is 6.07 Å². The van der Waals surface area contributed by atoms with Crippen molar-refractivity contribution in [3.63, 3.8) is 0 Å². The monoisotopic (exact) mass is 280 g/mol. The summed E-state index contributed by atoms with van der Waals surface area (Å²) >= 11 is 0. The Morgan fingerprint density at radius 2 is 2.35 bits per heavy atom. The van der Waals surface area contributed by atoms with E-state index in [1.165, 1.54) is 12.1 Å². The molecule has 0 amide bonds. The van der Waals surface area contributed by atoms with E-state index < -0.39 is 4.92 Å². The second kappa shape index (κ2) is 6.56. The molecule has 110 valence electrons. The lowest BCUT2D eigenvalue weighted by molar-refractivity contribution is -0.384. The van der Waals surface area contributed by atoms with Gasteiger partial charge in [-0.2, -0.15) is 0 Å². The van der Waals surface area contributed by atoms with Crippen LogP contribution in [0.5, 0.6) is 5.75 Å². The van der Waals surface area contributed by atoms with Crippen molar-refractivity contribution in [3.05, 3.63) is 28.3 Å². The molecular formula is C14H20N2O4. The maximum atomic E-state index is 11.0. The Morgan fingerprint density at radius 3 is 2.95 bits per heavy atom. The number of hydrogen-bond donors (Lipinski definition) is 1. The van der Waals surface area contributed by atoms with Gasteiger partial charge in [0.2, 0.25) is 0 Å². The normalized spacial score (nSPS) is 19.6. The summed E-state index contributed by atoms with van der Waals surface area (Å²) in [6.45, 7) is 5.92. The molecule has 0 bridgehead atoms. The lowest BCUT2D eigenvalue weighted by Gasteiger charge is -2.20. The fourth-order valence-corrected chi connectivity index (χ4v) is 2.35. The summed E-state index contributed by atoms with van der Waals surface area (Å²) in [5, 5.41) is 14.3. The third-order valence-electron chi connectivity index (χ3n) is 3.48. The van der Waals surface area contributed by atoms with E-state index in [-0.39, 0.29) is 11.7 Å². The molecule has 1 fully saturated rings. The molecule has 2 rings (SSSR count). The number of non-ortho nitro benzene ring substituents is 1. The molecule has 1 heterocycles. The van der Waals surface area contributed by atoms with Gasteiger partial charge in [0.15, 0.2) is 0 Å². The van der Waals surface area contributed by atoms with E-state index in [2.05, 4.69) is 12.2 Å². The van der Waals surface area contributed by atoms with Gasteiger partial charge in [0.1, 0.15) is 5.75 Å². The van der Waals surface area contributed by atoms with Crippen molar-refractivity contribution in [2.75, 3.05) is 25.1 Å². The first-order valence-corrected chi connectivity index (χ1v) is 6.86. The van der Waals surface area contributed by atoms with Crippen LogP contribution >= 0.6 is 0 Å². The van der Waals surface area contributed by atoms with E-state index in [1.807, 2.05) is 6.92 Å². The van der Waals surface area contributed by atoms with Crippen molar-refractivity contribution in [2.24, 2.45) is 5.92 Å². The molecule has 1 aromatic carbocycles. The molecule has 2 unspecified atom stereocenters. The summed E-state index contributed by atoms with van der Waals surface area (Å²) in [6.07, 6.45) is 1.02. The molecule has 1 aliphatic rings.